The Labute approximate surface area is 160 Å². The van der Waals surface area contributed by atoms with Gasteiger partial charge in [-0.2, -0.15) is 0 Å². The van der Waals surface area contributed by atoms with Crippen LogP contribution in [0, 0.1) is 6.92 Å². The molecule has 3 heterocycles. The maximum atomic E-state index is 9.75. The monoisotopic (exact) mass is 370 g/mol. The maximum absolute atomic E-state index is 9.75. The fourth-order valence-corrected chi connectivity index (χ4v) is 3.15. The molecule has 0 radical (unpaired) electrons. The summed E-state index contributed by atoms with van der Waals surface area (Å²) >= 11 is 0. The molecule has 0 unspecified atom stereocenters. The van der Waals surface area contributed by atoms with Crippen molar-refractivity contribution in [3.8, 4) is 23.0 Å². The zero-order valence-corrected chi connectivity index (χ0v) is 15.4. The number of aliphatic hydroxyl groups is 1. The summed E-state index contributed by atoms with van der Waals surface area (Å²) in [6, 6.07) is 7.98. The van der Waals surface area contributed by atoms with Gasteiger partial charge >= 0.3 is 0 Å². The lowest BCUT2D eigenvalue weighted by Crippen LogP contribution is -2.22. The van der Waals surface area contributed by atoms with E-state index in [1.165, 1.54) is 5.56 Å². The second kappa shape index (κ2) is 7.42. The van der Waals surface area contributed by atoms with E-state index in [9.17, 15) is 5.11 Å². The third-order valence-electron chi connectivity index (χ3n) is 4.64. The van der Waals surface area contributed by atoms with Crippen LogP contribution in [-0.2, 0) is 6.54 Å². The number of benzene rings is 1. The summed E-state index contributed by atoms with van der Waals surface area (Å²) in [5.74, 6) is 1.50. The van der Waals surface area contributed by atoms with E-state index in [1.807, 2.05) is 43.1 Å². The van der Waals surface area contributed by atoms with Crippen molar-refractivity contribution in [1.82, 2.24) is 25.5 Å². The van der Waals surface area contributed by atoms with Gasteiger partial charge in [0.25, 0.3) is 5.89 Å². The van der Waals surface area contributed by atoms with Crippen molar-refractivity contribution in [2.24, 2.45) is 0 Å². The Morgan fingerprint density at radius 2 is 2.04 bits per heavy atom. The van der Waals surface area contributed by atoms with Crippen molar-refractivity contribution in [2.45, 2.75) is 26.0 Å². The minimum Gasteiger partial charge on any atom is -0.415 e. The number of aryl methyl sites for hydroxylation is 1. The average molecular weight is 370 g/mol. The average Bonchev–Trinajstić information content (AvgIpc) is 3.33. The molecule has 8 heteroatoms. The van der Waals surface area contributed by atoms with Crippen molar-refractivity contribution in [2.75, 3.05) is 25.0 Å². The van der Waals surface area contributed by atoms with E-state index in [0.29, 0.717) is 29.8 Å². The van der Waals surface area contributed by atoms with Gasteiger partial charge in [0, 0.05) is 28.1 Å². The van der Waals surface area contributed by atoms with Gasteiger partial charge in [0.05, 0.1) is 18.0 Å². The molecule has 2 N–H and O–H groups in total. The first-order valence-corrected chi connectivity index (χ1v) is 8.98. The van der Waals surface area contributed by atoms with Crippen LogP contribution in [0.4, 0.5) is 5.82 Å². The lowest BCUT2D eigenvalue weighted by atomic mass is 10.1. The van der Waals surface area contributed by atoms with Gasteiger partial charge < -0.3 is 19.7 Å². The summed E-state index contributed by atoms with van der Waals surface area (Å²) in [4.78, 5) is 11.1. The smallest absolute Gasteiger partial charge is 0.268 e. The maximum Gasteiger partial charge on any atom is 0.268 e. The molecule has 2 aromatic heterocycles. The molecule has 1 aromatic carbocycles. The number of β-amino-alcohol motifs (C(OH)–C–C–N with tert-alkyl or cyclic N) is 1. The Balaban J connectivity index is 0.00000150. The summed E-state index contributed by atoms with van der Waals surface area (Å²) < 4.78 is 5.87. The summed E-state index contributed by atoms with van der Waals surface area (Å²) in [5.41, 5.74) is 3.33. The molecule has 0 bridgehead atoms. The normalized spacial score (nSPS) is 16.9. The quantitative estimate of drug-likeness (QED) is 0.705. The van der Waals surface area contributed by atoms with Crippen LogP contribution in [0.25, 0.3) is 23.0 Å². The van der Waals surface area contributed by atoms with Crippen LogP contribution >= 0.6 is 0 Å². The Morgan fingerprint density at radius 3 is 2.74 bits per heavy atom. The van der Waals surface area contributed by atoms with Gasteiger partial charge in [-0.25, -0.2) is 4.98 Å². The highest BCUT2D eigenvalue weighted by Gasteiger charge is 2.23. The molecule has 1 fully saturated rings. The third kappa shape index (κ3) is 3.67. The fraction of sp³-hybridized carbons (Fsp3) is 0.368. The number of nitrogens with zero attached hydrogens (tertiary/aromatic N) is 5. The third-order valence-corrected chi connectivity index (χ3v) is 4.64. The van der Waals surface area contributed by atoms with E-state index in [2.05, 4.69) is 25.5 Å². The molecule has 27 heavy (non-hydrogen) atoms. The van der Waals surface area contributed by atoms with Gasteiger partial charge in [-0.15, -0.1) is 10.2 Å². The minimum absolute atomic E-state index is 0. The predicted octanol–water partition coefficient (Wildman–Crippen LogP) is 2.28. The molecule has 0 saturated carbocycles. The molecule has 4 rings (SSSR count). The number of rotatable bonds is 5. The minimum atomic E-state index is -0.322. The van der Waals surface area contributed by atoms with Gasteiger partial charge in [-0.05, 0) is 38.1 Å². The number of nitrogens with one attached hydrogen (secondary N) is 1. The summed E-state index contributed by atoms with van der Waals surface area (Å²) in [6.45, 7) is 3.99. The van der Waals surface area contributed by atoms with Gasteiger partial charge in [0.2, 0.25) is 5.89 Å². The summed E-state index contributed by atoms with van der Waals surface area (Å²) in [6.07, 6.45) is 2.13. The highest BCUT2D eigenvalue weighted by Crippen LogP contribution is 2.27. The van der Waals surface area contributed by atoms with Crippen molar-refractivity contribution < 1.29 is 12.4 Å². The van der Waals surface area contributed by atoms with E-state index >= 15 is 0 Å². The number of aliphatic hydroxyl groups excluding tert-OH is 1. The molecule has 1 atom stereocenters. The Hall–Kier alpha value is -2.84. The van der Waals surface area contributed by atoms with E-state index < -0.39 is 0 Å². The largest absolute Gasteiger partial charge is 0.415 e. The van der Waals surface area contributed by atoms with Gasteiger partial charge in [0.1, 0.15) is 5.82 Å². The van der Waals surface area contributed by atoms with Crippen LogP contribution in [0.1, 0.15) is 20.5 Å². The molecule has 0 aliphatic carbocycles. The molecule has 1 aliphatic heterocycles. The first-order valence-electron chi connectivity index (χ1n) is 8.98. The lowest BCUT2D eigenvalue weighted by molar-refractivity contribution is 0.198. The molecule has 3 aromatic rings. The summed E-state index contributed by atoms with van der Waals surface area (Å²) in [7, 11) is 1.92. The Bertz CT molecular complexity index is 935. The highest BCUT2D eigenvalue weighted by molar-refractivity contribution is 5.58. The molecular weight excluding hydrogens is 344 g/mol. The van der Waals surface area contributed by atoms with E-state index in [1.54, 1.807) is 6.20 Å². The van der Waals surface area contributed by atoms with Crippen molar-refractivity contribution in [3.63, 3.8) is 0 Å². The first kappa shape index (κ1) is 17.6. The zero-order chi connectivity index (χ0) is 18.8. The van der Waals surface area contributed by atoms with E-state index in [0.717, 1.165) is 30.8 Å². The molecule has 1 saturated heterocycles. The second-order valence-electron chi connectivity index (χ2n) is 6.69. The van der Waals surface area contributed by atoms with Crippen LogP contribution < -0.4 is 10.2 Å². The summed E-state index contributed by atoms with van der Waals surface area (Å²) in [5, 5.41) is 21.2. The Kier molecular flexibility index (Phi) is 4.83. The fourth-order valence-electron chi connectivity index (χ4n) is 3.15. The molecular formula is C19H26N6O2. The first-order chi connectivity index (χ1) is 13.1. The molecule has 0 amide bonds. The SMILES string of the molecule is CNCc1ccc(-c2nnc(-c3nc(N4CC[C@@H](O)C4)cnc3C)o2)cc1.[HH].[HH]. The number of hydrogen-bond donors (Lipinski definition) is 2. The van der Waals surface area contributed by atoms with Crippen LogP contribution in [0.2, 0.25) is 0 Å². The highest BCUT2D eigenvalue weighted by atomic mass is 16.4. The van der Waals surface area contributed by atoms with Gasteiger partial charge in [-0.3, -0.25) is 4.98 Å². The number of hydrogen-bond acceptors (Lipinski definition) is 8. The van der Waals surface area contributed by atoms with Crippen molar-refractivity contribution in [3.05, 3.63) is 41.7 Å². The van der Waals surface area contributed by atoms with E-state index in [4.69, 9.17) is 4.42 Å². The Morgan fingerprint density at radius 1 is 1.26 bits per heavy atom. The number of anilines is 1. The zero-order valence-electron chi connectivity index (χ0n) is 15.4. The van der Waals surface area contributed by atoms with Gasteiger partial charge in [0.15, 0.2) is 5.69 Å². The van der Waals surface area contributed by atoms with E-state index in [-0.39, 0.29) is 8.96 Å². The second-order valence-corrected chi connectivity index (χ2v) is 6.69. The number of aromatic nitrogens is 4. The van der Waals surface area contributed by atoms with Crippen LogP contribution in [0.5, 0.6) is 0 Å². The van der Waals surface area contributed by atoms with Gasteiger partial charge in [-0.1, -0.05) is 12.1 Å². The topological polar surface area (TPSA) is 100 Å². The van der Waals surface area contributed by atoms with Crippen LogP contribution in [0.3, 0.4) is 0 Å². The molecule has 8 nitrogen and oxygen atoms in total. The molecule has 144 valence electrons. The van der Waals surface area contributed by atoms with Crippen molar-refractivity contribution in [1.29, 1.82) is 0 Å². The van der Waals surface area contributed by atoms with Crippen LogP contribution in [-0.4, -0.2) is 51.5 Å². The predicted molar refractivity (Wildman–Crippen MR) is 105 cm³/mol. The van der Waals surface area contributed by atoms with Crippen molar-refractivity contribution >= 4 is 5.82 Å². The standard InChI is InChI=1S/C19H22N6O2.2H2/c1-12-17(22-16(10-21-12)25-8-7-15(26)11-25)19-24-23-18(27-19)14-5-3-13(4-6-14)9-20-2;;/h3-6,10,15,20,26H,7-9,11H2,1-2H3;2*1H/t15-;;/m1../s1. The molecule has 1 aliphatic rings. The molecule has 0 spiro atoms. The van der Waals surface area contributed by atoms with Crippen LogP contribution in [0.15, 0.2) is 34.9 Å². The lowest BCUT2D eigenvalue weighted by Gasteiger charge is -2.16.